The predicted molar refractivity (Wildman–Crippen MR) is 104 cm³/mol. The molecule has 146 valence electrons. The maximum atomic E-state index is 12.9. The van der Waals surface area contributed by atoms with Crippen molar-refractivity contribution >= 4 is 5.91 Å². The Balaban J connectivity index is 1.54. The van der Waals surface area contributed by atoms with Gasteiger partial charge in [-0.3, -0.25) is 14.6 Å². The molecule has 3 heterocycles. The van der Waals surface area contributed by atoms with Crippen molar-refractivity contribution in [3.8, 4) is 11.4 Å². The van der Waals surface area contributed by atoms with Gasteiger partial charge in [0.05, 0.1) is 6.61 Å². The van der Waals surface area contributed by atoms with Crippen molar-refractivity contribution in [2.45, 2.75) is 19.4 Å². The van der Waals surface area contributed by atoms with Gasteiger partial charge in [0, 0.05) is 50.3 Å². The molecular formula is C20H24N6O2. The van der Waals surface area contributed by atoms with E-state index in [2.05, 4.69) is 15.3 Å². The molecule has 1 fully saturated rings. The van der Waals surface area contributed by atoms with E-state index < -0.39 is 0 Å². The first-order chi connectivity index (χ1) is 13.7. The van der Waals surface area contributed by atoms with Crippen LogP contribution in [0.4, 0.5) is 0 Å². The Morgan fingerprint density at radius 1 is 1.25 bits per heavy atom. The van der Waals surface area contributed by atoms with Crippen molar-refractivity contribution in [2.75, 3.05) is 26.8 Å². The second-order valence-corrected chi connectivity index (χ2v) is 7.00. The molecule has 3 aromatic rings. The van der Waals surface area contributed by atoms with Gasteiger partial charge < -0.3 is 9.64 Å². The van der Waals surface area contributed by atoms with E-state index in [1.807, 2.05) is 48.4 Å². The summed E-state index contributed by atoms with van der Waals surface area (Å²) in [4.78, 5) is 19.4. The first kappa shape index (κ1) is 18.4. The normalized spacial score (nSPS) is 19.3. The molecule has 1 aromatic carbocycles. The molecule has 2 atom stereocenters. The largest absolute Gasteiger partial charge is 0.384 e. The van der Waals surface area contributed by atoms with Gasteiger partial charge in [0.1, 0.15) is 11.5 Å². The average Bonchev–Trinajstić information content (AvgIpc) is 3.47. The van der Waals surface area contributed by atoms with Crippen LogP contribution in [0.2, 0.25) is 0 Å². The van der Waals surface area contributed by atoms with Gasteiger partial charge >= 0.3 is 0 Å². The van der Waals surface area contributed by atoms with E-state index in [1.54, 1.807) is 17.9 Å². The second kappa shape index (κ2) is 7.93. The van der Waals surface area contributed by atoms with Crippen LogP contribution in [-0.2, 0) is 11.3 Å². The number of rotatable bonds is 6. The van der Waals surface area contributed by atoms with E-state index in [0.717, 1.165) is 17.9 Å². The third-order valence-corrected chi connectivity index (χ3v) is 5.18. The van der Waals surface area contributed by atoms with Crippen molar-refractivity contribution < 1.29 is 9.53 Å². The van der Waals surface area contributed by atoms with E-state index in [9.17, 15) is 4.79 Å². The molecule has 0 aliphatic carbocycles. The van der Waals surface area contributed by atoms with Gasteiger partial charge in [-0.15, -0.1) is 0 Å². The van der Waals surface area contributed by atoms with Crippen molar-refractivity contribution in [3.63, 3.8) is 0 Å². The van der Waals surface area contributed by atoms with Gasteiger partial charge in [-0.1, -0.05) is 30.3 Å². The van der Waals surface area contributed by atoms with Crippen LogP contribution in [0.1, 0.15) is 29.2 Å². The second-order valence-electron chi connectivity index (χ2n) is 7.00. The van der Waals surface area contributed by atoms with Gasteiger partial charge in [0.25, 0.3) is 5.91 Å². The predicted octanol–water partition coefficient (Wildman–Crippen LogP) is 2.19. The quantitative estimate of drug-likeness (QED) is 0.708. The topological polar surface area (TPSA) is 88.9 Å². The fraction of sp³-hybridized carbons (Fsp3) is 0.400. The SMILES string of the molecule is CCn1ccc(C(=O)N2C[C@@H](COC)[C@H](c3nc(-c4ccccc4)n[nH]3)C2)n1. The highest BCUT2D eigenvalue weighted by Gasteiger charge is 2.39. The van der Waals surface area contributed by atoms with E-state index in [-0.39, 0.29) is 17.7 Å². The summed E-state index contributed by atoms with van der Waals surface area (Å²) in [5.41, 5.74) is 1.44. The number of hydrogen-bond acceptors (Lipinski definition) is 5. The maximum Gasteiger partial charge on any atom is 0.274 e. The van der Waals surface area contributed by atoms with Crippen LogP contribution in [0, 0.1) is 5.92 Å². The molecule has 4 rings (SSSR count). The summed E-state index contributed by atoms with van der Waals surface area (Å²) in [7, 11) is 1.68. The molecule has 8 nitrogen and oxygen atoms in total. The Hall–Kier alpha value is -3.00. The third-order valence-electron chi connectivity index (χ3n) is 5.18. The van der Waals surface area contributed by atoms with Crippen LogP contribution in [0.25, 0.3) is 11.4 Å². The maximum absolute atomic E-state index is 12.9. The van der Waals surface area contributed by atoms with E-state index in [4.69, 9.17) is 9.72 Å². The smallest absolute Gasteiger partial charge is 0.274 e. The number of methoxy groups -OCH3 is 1. The molecule has 28 heavy (non-hydrogen) atoms. The molecule has 0 spiro atoms. The number of hydrogen-bond donors (Lipinski definition) is 1. The lowest BCUT2D eigenvalue weighted by molar-refractivity contribution is 0.0768. The molecule has 1 N–H and O–H groups in total. The lowest BCUT2D eigenvalue weighted by Crippen LogP contribution is -2.29. The zero-order valence-electron chi connectivity index (χ0n) is 16.1. The fourth-order valence-corrected chi connectivity index (χ4v) is 3.70. The molecule has 1 amide bonds. The van der Waals surface area contributed by atoms with Crippen LogP contribution in [0.5, 0.6) is 0 Å². The summed E-state index contributed by atoms with van der Waals surface area (Å²) in [6.45, 7) is 4.46. The minimum atomic E-state index is -0.0569. The van der Waals surface area contributed by atoms with Crippen LogP contribution in [0.3, 0.4) is 0 Å². The lowest BCUT2D eigenvalue weighted by atomic mass is 9.96. The molecule has 1 saturated heterocycles. The molecule has 2 aromatic heterocycles. The van der Waals surface area contributed by atoms with Crippen molar-refractivity contribution in [1.82, 2.24) is 29.9 Å². The highest BCUT2D eigenvalue weighted by Crippen LogP contribution is 2.32. The zero-order valence-corrected chi connectivity index (χ0v) is 16.1. The number of aromatic amines is 1. The molecule has 0 saturated carbocycles. The lowest BCUT2D eigenvalue weighted by Gasteiger charge is -2.14. The Morgan fingerprint density at radius 2 is 2.07 bits per heavy atom. The van der Waals surface area contributed by atoms with Gasteiger partial charge in [-0.2, -0.15) is 10.2 Å². The summed E-state index contributed by atoms with van der Waals surface area (Å²) in [6, 6.07) is 11.6. The summed E-state index contributed by atoms with van der Waals surface area (Å²) >= 11 is 0. The fourth-order valence-electron chi connectivity index (χ4n) is 3.70. The number of carbonyl (C=O) groups is 1. The first-order valence-corrected chi connectivity index (χ1v) is 9.49. The van der Waals surface area contributed by atoms with Crippen molar-refractivity contribution in [2.24, 2.45) is 5.92 Å². The van der Waals surface area contributed by atoms with Gasteiger partial charge in [-0.05, 0) is 13.0 Å². The average molecular weight is 380 g/mol. The minimum Gasteiger partial charge on any atom is -0.384 e. The Bertz CT molecular complexity index is 935. The molecule has 8 heteroatoms. The standard InChI is InChI=1S/C20H24N6O2/c1-3-26-10-9-17(24-26)20(27)25-11-15(13-28-2)16(12-25)19-21-18(22-23-19)14-7-5-4-6-8-14/h4-10,15-16H,3,11-13H2,1-2H3,(H,21,22,23)/t15-,16+/m0/s1. The summed E-state index contributed by atoms with van der Waals surface area (Å²) in [6.07, 6.45) is 1.83. The van der Waals surface area contributed by atoms with E-state index in [0.29, 0.717) is 31.2 Å². The molecule has 0 radical (unpaired) electrons. The van der Waals surface area contributed by atoms with Crippen LogP contribution >= 0.6 is 0 Å². The number of nitrogens with zero attached hydrogens (tertiary/aromatic N) is 5. The number of H-pyrrole nitrogens is 1. The highest BCUT2D eigenvalue weighted by molar-refractivity contribution is 5.92. The van der Waals surface area contributed by atoms with Crippen LogP contribution in [-0.4, -0.2) is 62.6 Å². The summed E-state index contributed by atoms with van der Waals surface area (Å²) in [5, 5.41) is 11.8. The van der Waals surface area contributed by atoms with E-state index >= 15 is 0 Å². The molecule has 1 aliphatic heterocycles. The molecule has 0 unspecified atom stereocenters. The zero-order chi connectivity index (χ0) is 19.5. The number of amides is 1. The van der Waals surface area contributed by atoms with Crippen LogP contribution in [0.15, 0.2) is 42.6 Å². The number of ether oxygens (including phenoxy) is 1. The number of likely N-dealkylation sites (tertiary alicyclic amines) is 1. The van der Waals surface area contributed by atoms with Gasteiger partial charge in [0.15, 0.2) is 5.82 Å². The number of nitrogens with one attached hydrogen (secondary N) is 1. The summed E-state index contributed by atoms with van der Waals surface area (Å²) < 4.78 is 7.16. The molecule has 0 bridgehead atoms. The highest BCUT2D eigenvalue weighted by atomic mass is 16.5. The number of aromatic nitrogens is 5. The van der Waals surface area contributed by atoms with E-state index in [1.165, 1.54) is 0 Å². The van der Waals surface area contributed by atoms with Crippen LogP contribution < -0.4 is 0 Å². The third kappa shape index (κ3) is 3.55. The van der Waals surface area contributed by atoms with Gasteiger partial charge in [-0.25, -0.2) is 4.98 Å². The number of aryl methyl sites for hydroxylation is 1. The number of benzene rings is 1. The monoisotopic (exact) mass is 380 g/mol. The Morgan fingerprint density at radius 3 is 2.79 bits per heavy atom. The number of carbonyl (C=O) groups excluding carboxylic acids is 1. The van der Waals surface area contributed by atoms with Crippen molar-refractivity contribution in [1.29, 1.82) is 0 Å². The van der Waals surface area contributed by atoms with Gasteiger partial charge in [0.2, 0.25) is 0 Å². The molecule has 1 aliphatic rings. The minimum absolute atomic E-state index is 0.0436. The Labute approximate surface area is 163 Å². The molecular weight excluding hydrogens is 356 g/mol. The first-order valence-electron chi connectivity index (χ1n) is 9.49. The Kier molecular flexibility index (Phi) is 5.21. The van der Waals surface area contributed by atoms with Crippen molar-refractivity contribution in [3.05, 3.63) is 54.1 Å². The summed E-state index contributed by atoms with van der Waals surface area (Å²) in [5.74, 6) is 1.59.